The van der Waals surface area contributed by atoms with Crippen LogP contribution in [0.15, 0.2) is 41.8 Å². The molecule has 118 valence electrons. The minimum atomic E-state index is 0.103. The number of rotatable bonds is 7. The van der Waals surface area contributed by atoms with E-state index in [-0.39, 0.29) is 5.91 Å². The molecule has 0 fully saturated rings. The lowest BCUT2D eigenvalue weighted by Gasteiger charge is -2.21. The average Bonchev–Trinajstić information content (AvgIpc) is 2.92. The summed E-state index contributed by atoms with van der Waals surface area (Å²) in [5.74, 6) is 0.936. The molecule has 0 spiro atoms. The minimum absolute atomic E-state index is 0.103. The highest BCUT2D eigenvalue weighted by Crippen LogP contribution is 2.23. The van der Waals surface area contributed by atoms with Gasteiger partial charge in [-0.1, -0.05) is 55.8 Å². The molecule has 1 amide bonds. The van der Waals surface area contributed by atoms with Gasteiger partial charge in [0, 0.05) is 29.1 Å². The number of benzene rings is 1. The maximum absolute atomic E-state index is 12.0. The first-order valence-electron chi connectivity index (χ1n) is 7.61. The van der Waals surface area contributed by atoms with Gasteiger partial charge in [-0.2, -0.15) is 0 Å². The SMILES string of the molecule is CC(C)C(CNC(=O)CCc1cc(Cl)cs1)c1ccccc1. The van der Waals surface area contributed by atoms with Crippen LogP contribution in [0.1, 0.15) is 36.6 Å². The Balaban J connectivity index is 1.83. The van der Waals surface area contributed by atoms with E-state index in [1.807, 2.05) is 29.6 Å². The van der Waals surface area contributed by atoms with Gasteiger partial charge in [-0.05, 0) is 24.0 Å². The van der Waals surface area contributed by atoms with Crippen molar-refractivity contribution >= 4 is 28.8 Å². The van der Waals surface area contributed by atoms with Crippen LogP contribution in [0.25, 0.3) is 0 Å². The standard InChI is InChI=1S/C18H22ClNOS/c1-13(2)17(14-6-4-3-5-7-14)11-20-18(21)9-8-16-10-15(19)12-22-16/h3-7,10,12-13,17H,8-9,11H2,1-2H3,(H,20,21). The topological polar surface area (TPSA) is 29.1 Å². The van der Waals surface area contributed by atoms with Crippen LogP contribution < -0.4 is 5.32 Å². The number of hydrogen-bond acceptors (Lipinski definition) is 2. The van der Waals surface area contributed by atoms with Crippen molar-refractivity contribution in [2.45, 2.75) is 32.6 Å². The lowest BCUT2D eigenvalue weighted by molar-refractivity contribution is -0.121. The lowest BCUT2D eigenvalue weighted by Crippen LogP contribution is -2.30. The predicted octanol–water partition coefficient (Wildman–Crippen LogP) is 4.89. The molecule has 1 aromatic heterocycles. The summed E-state index contributed by atoms with van der Waals surface area (Å²) >= 11 is 7.50. The van der Waals surface area contributed by atoms with Gasteiger partial charge in [0.25, 0.3) is 0 Å². The summed E-state index contributed by atoms with van der Waals surface area (Å²) in [5, 5.41) is 5.73. The van der Waals surface area contributed by atoms with Crippen molar-refractivity contribution in [3.8, 4) is 0 Å². The number of carbonyl (C=O) groups is 1. The van der Waals surface area contributed by atoms with Crippen LogP contribution >= 0.6 is 22.9 Å². The van der Waals surface area contributed by atoms with Crippen molar-refractivity contribution in [3.63, 3.8) is 0 Å². The van der Waals surface area contributed by atoms with Gasteiger partial charge in [0.05, 0.1) is 5.02 Å². The van der Waals surface area contributed by atoms with Crippen molar-refractivity contribution in [3.05, 3.63) is 57.2 Å². The van der Waals surface area contributed by atoms with Gasteiger partial charge in [0.15, 0.2) is 0 Å². The lowest BCUT2D eigenvalue weighted by atomic mass is 9.88. The van der Waals surface area contributed by atoms with Gasteiger partial charge in [-0.15, -0.1) is 11.3 Å². The molecule has 0 aliphatic rings. The molecule has 2 rings (SSSR count). The zero-order chi connectivity index (χ0) is 15.9. The quantitative estimate of drug-likeness (QED) is 0.766. The summed E-state index contributed by atoms with van der Waals surface area (Å²) in [4.78, 5) is 13.2. The average molecular weight is 336 g/mol. The third-order valence-electron chi connectivity index (χ3n) is 3.77. The molecule has 0 bridgehead atoms. The molecular weight excluding hydrogens is 314 g/mol. The second-order valence-corrected chi connectivity index (χ2v) is 7.23. The normalized spacial score (nSPS) is 12.4. The van der Waals surface area contributed by atoms with Crippen molar-refractivity contribution < 1.29 is 4.79 Å². The number of carbonyl (C=O) groups excluding carboxylic acids is 1. The van der Waals surface area contributed by atoms with E-state index in [4.69, 9.17) is 11.6 Å². The Hall–Kier alpha value is -1.32. The van der Waals surface area contributed by atoms with Crippen molar-refractivity contribution in [1.82, 2.24) is 5.32 Å². The maximum atomic E-state index is 12.0. The highest BCUT2D eigenvalue weighted by Gasteiger charge is 2.16. The molecule has 1 N–H and O–H groups in total. The second kappa shape index (κ2) is 8.35. The summed E-state index contributed by atoms with van der Waals surface area (Å²) in [6.45, 7) is 5.07. The molecule has 0 aliphatic carbocycles. The van der Waals surface area contributed by atoms with Crippen LogP contribution in [0.2, 0.25) is 5.02 Å². The molecule has 0 saturated carbocycles. The Morgan fingerprint density at radius 3 is 2.59 bits per heavy atom. The third kappa shape index (κ3) is 5.15. The molecule has 0 aliphatic heterocycles. The Morgan fingerprint density at radius 1 is 1.27 bits per heavy atom. The van der Waals surface area contributed by atoms with E-state index >= 15 is 0 Å². The highest BCUT2D eigenvalue weighted by atomic mass is 35.5. The fraction of sp³-hybridized carbons (Fsp3) is 0.389. The molecule has 2 nitrogen and oxygen atoms in total. The molecule has 4 heteroatoms. The highest BCUT2D eigenvalue weighted by molar-refractivity contribution is 7.10. The zero-order valence-corrected chi connectivity index (χ0v) is 14.6. The summed E-state index contributed by atoms with van der Waals surface area (Å²) in [6, 6.07) is 12.3. The molecule has 22 heavy (non-hydrogen) atoms. The fourth-order valence-electron chi connectivity index (χ4n) is 2.47. The predicted molar refractivity (Wildman–Crippen MR) is 94.7 cm³/mol. The number of aryl methyl sites for hydroxylation is 1. The smallest absolute Gasteiger partial charge is 0.220 e. The van der Waals surface area contributed by atoms with Gasteiger partial charge in [0.2, 0.25) is 5.91 Å². The Morgan fingerprint density at radius 2 is 2.00 bits per heavy atom. The van der Waals surface area contributed by atoms with Crippen LogP contribution in [0.4, 0.5) is 0 Å². The van der Waals surface area contributed by atoms with E-state index < -0.39 is 0 Å². The van der Waals surface area contributed by atoms with E-state index in [9.17, 15) is 4.79 Å². The molecule has 2 aromatic rings. The molecule has 0 radical (unpaired) electrons. The molecule has 1 unspecified atom stereocenters. The zero-order valence-electron chi connectivity index (χ0n) is 13.0. The van der Waals surface area contributed by atoms with Crippen molar-refractivity contribution in [2.24, 2.45) is 5.92 Å². The van der Waals surface area contributed by atoms with Crippen molar-refractivity contribution in [1.29, 1.82) is 0 Å². The van der Waals surface area contributed by atoms with Crippen LogP contribution in [0.3, 0.4) is 0 Å². The summed E-state index contributed by atoms with van der Waals surface area (Å²) in [6.07, 6.45) is 1.26. The van der Waals surface area contributed by atoms with Gasteiger partial charge >= 0.3 is 0 Å². The first-order valence-corrected chi connectivity index (χ1v) is 8.86. The van der Waals surface area contributed by atoms with Crippen LogP contribution in [-0.4, -0.2) is 12.5 Å². The number of nitrogens with one attached hydrogen (secondary N) is 1. The maximum Gasteiger partial charge on any atom is 0.220 e. The number of halogens is 1. The minimum Gasteiger partial charge on any atom is -0.355 e. The van der Waals surface area contributed by atoms with Crippen LogP contribution in [-0.2, 0) is 11.2 Å². The Kier molecular flexibility index (Phi) is 6.47. The molecule has 0 saturated heterocycles. The third-order valence-corrected chi connectivity index (χ3v) is 5.12. The molecule has 1 heterocycles. The van der Waals surface area contributed by atoms with E-state index in [2.05, 4.69) is 31.3 Å². The van der Waals surface area contributed by atoms with E-state index in [1.54, 1.807) is 11.3 Å². The number of hydrogen-bond donors (Lipinski definition) is 1. The first kappa shape index (κ1) is 17.0. The Bertz CT molecular complexity index is 594. The van der Waals surface area contributed by atoms with Gasteiger partial charge in [-0.25, -0.2) is 0 Å². The van der Waals surface area contributed by atoms with Gasteiger partial charge in [0.1, 0.15) is 0 Å². The van der Waals surface area contributed by atoms with E-state index in [0.29, 0.717) is 24.8 Å². The molecule has 1 aromatic carbocycles. The summed E-state index contributed by atoms with van der Waals surface area (Å²) in [7, 11) is 0. The summed E-state index contributed by atoms with van der Waals surface area (Å²) in [5.41, 5.74) is 1.28. The molecule has 1 atom stereocenters. The van der Waals surface area contributed by atoms with Crippen molar-refractivity contribution in [2.75, 3.05) is 6.54 Å². The van der Waals surface area contributed by atoms with Gasteiger partial charge in [-0.3, -0.25) is 4.79 Å². The fourth-order valence-corrected chi connectivity index (χ4v) is 3.55. The largest absolute Gasteiger partial charge is 0.355 e. The van der Waals surface area contributed by atoms with Gasteiger partial charge < -0.3 is 5.32 Å². The van der Waals surface area contributed by atoms with E-state index in [0.717, 1.165) is 16.3 Å². The Labute approximate surface area is 141 Å². The molecular formula is C18H22ClNOS. The number of amides is 1. The summed E-state index contributed by atoms with van der Waals surface area (Å²) < 4.78 is 0. The number of thiophene rings is 1. The monoisotopic (exact) mass is 335 g/mol. The van der Waals surface area contributed by atoms with Crippen LogP contribution in [0.5, 0.6) is 0 Å². The van der Waals surface area contributed by atoms with E-state index in [1.165, 1.54) is 5.56 Å². The first-order chi connectivity index (χ1) is 10.6. The second-order valence-electron chi connectivity index (χ2n) is 5.80. The van der Waals surface area contributed by atoms with Crippen LogP contribution in [0, 0.1) is 5.92 Å².